The van der Waals surface area contributed by atoms with Crippen LogP contribution in [0.1, 0.15) is 16.1 Å². The third-order valence-electron chi connectivity index (χ3n) is 4.63. The van der Waals surface area contributed by atoms with Crippen molar-refractivity contribution in [1.82, 2.24) is 20.3 Å². The van der Waals surface area contributed by atoms with Gasteiger partial charge in [-0.3, -0.25) is 9.78 Å². The van der Waals surface area contributed by atoms with Crippen LogP contribution in [0.15, 0.2) is 42.7 Å². The van der Waals surface area contributed by atoms with Crippen LogP contribution in [-0.2, 0) is 11.2 Å². The second kappa shape index (κ2) is 10.1. The Hall–Kier alpha value is -3.93. The number of nitrogens with zero attached hydrogens (tertiary/aromatic N) is 2. The number of alkyl halides is 3. The molecule has 0 aromatic carbocycles. The average Bonchev–Trinajstić information content (AvgIpc) is 3.24. The monoisotopic (exact) mass is 462 g/mol. The molecule has 1 aliphatic rings. The number of carbonyl (C=O) groups is 2. The zero-order valence-electron chi connectivity index (χ0n) is 17.2. The molecule has 1 aliphatic heterocycles. The quantitative estimate of drug-likeness (QED) is 0.391. The molecule has 12 heteroatoms. The van der Waals surface area contributed by atoms with Crippen molar-refractivity contribution in [2.45, 2.75) is 12.6 Å². The summed E-state index contributed by atoms with van der Waals surface area (Å²) in [6.07, 6.45) is -0.705. The minimum absolute atomic E-state index is 0.0206. The zero-order valence-corrected chi connectivity index (χ0v) is 17.2. The summed E-state index contributed by atoms with van der Waals surface area (Å²) in [7, 11) is 0. The van der Waals surface area contributed by atoms with Crippen LogP contribution >= 0.6 is 0 Å². The summed E-state index contributed by atoms with van der Waals surface area (Å²) >= 11 is 0. The standard InChI is InChI=1S/C19H20N6O.C2HF3O2/c20-5-8-22-18-2-1-13(11-24-18)16-9-12(3-6-21-16)17-10-14-15(25-17)4-7-23-19(14)26;3-2(4,5)1(6)7/h1-3,6,9-11,25H,4-5,7-8,20H2,(H,22,24)(H,23,26);(H,6,7). The van der Waals surface area contributed by atoms with Crippen molar-refractivity contribution < 1.29 is 27.9 Å². The van der Waals surface area contributed by atoms with Crippen molar-refractivity contribution in [2.75, 3.05) is 25.0 Å². The van der Waals surface area contributed by atoms with Crippen molar-refractivity contribution in [3.63, 3.8) is 0 Å². The molecule has 4 heterocycles. The maximum Gasteiger partial charge on any atom is 0.490 e. The number of anilines is 1. The van der Waals surface area contributed by atoms with Crippen LogP contribution in [0.2, 0.25) is 0 Å². The number of halogens is 3. The van der Waals surface area contributed by atoms with Crippen molar-refractivity contribution in [2.24, 2.45) is 5.73 Å². The predicted molar refractivity (Wildman–Crippen MR) is 115 cm³/mol. The molecule has 0 saturated heterocycles. The fourth-order valence-corrected chi connectivity index (χ4v) is 3.06. The van der Waals surface area contributed by atoms with Crippen LogP contribution in [0, 0.1) is 0 Å². The number of pyridine rings is 2. The number of rotatable bonds is 5. The number of carbonyl (C=O) groups excluding carboxylic acids is 1. The molecule has 0 aliphatic carbocycles. The van der Waals surface area contributed by atoms with Gasteiger partial charge in [-0.2, -0.15) is 13.2 Å². The summed E-state index contributed by atoms with van der Waals surface area (Å²) in [4.78, 5) is 33.1. The first-order valence-corrected chi connectivity index (χ1v) is 9.86. The lowest BCUT2D eigenvalue weighted by Crippen LogP contribution is -2.31. The largest absolute Gasteiger partial charge is 0.490 e. The van der Waals surface area contributed by atoms with Gasteiger partial charge >= 0.3 is 12.1 Å². The SMILES string of the molecule is NCCNc1ccc(-c2cc(-c3cc4c([nH]3)CCNC4=O)ccn2)cn1.O=C(O)C(F)(F)F. The van der Waals surface area contributed by atoms with E-state index in [1.165, 1.54) is 0 Å². The van der Waals surface area contributed by atoms with Crippen LogP contribution in [0.5, 0.6) is 0 Å². The van der Waals surface area contributed by atoms with Crippen LogP contribution in [-0.4, -0.2) is 57.7 Å². The molecule has 0 bridgehead atoms. The maximum atomic E-state index is 12.0. The zero-order chi connectivity index (χ0) is 24.0. The number of carboxylic acids is 1. The summed E-state index contributed by atoms with van der Waals surface area (Å²) in [6, 6.07) is 9.73. The number of aliphatic carboxylic acids is 1. The highest BCUT2D eigenvalue weighted by Crippen LogP contribution is 2.27. The molecule has 0 atom stereocenters. The van der Waals surface area contributed by atoms with E-state index in [1.807, 2.05) is 30.3 Å². The first-order chi connectivity index (χ1) is 15.7. The molecule has 0 fully saturated rings. The Morgan fingerprint density at radius 1 is 1.18 bits per heavy atom. The van der Waals surface area contributed by atoms with Crippen LogP contribution < -0.4 is 16.4 Å². The van der Waals surface area contributed by atoms with Gasteiger partial charge in [-0.15, -0.1) is 0 Å². The van der Waals surface area contributed by atoms with Crippen molar-refractivity contribution in [3.05, 3.63) is 54.0 Å². The van der Waals surface area contributed by atoms with E-state index in [9.17, 15) is 18.0 Å². The molecular weight excluding hydrogens is 441 g/mol. The molecule has 33 heavy (non-hydrogen) atoms. The Morgan fingerprint density at radius 2 is 1.94 bits per heavy atom. The minimum Gasteiger partial charge on any atom is -0.475 e. The van der Waals surface area contributed by atoms with Gasteiger partial charge in [0.25, 0.3) is 5.91 Å². The molecule has 0 radical (unpaired) electrons. The number of fused-ring (bicyclic) bond motifs is 1. The molecule has 0 saturated carbocycles. The molecule has 4 rings (SSSR count). The highest BCUT2D eigenvalue weighted by Gasteiger charge is 2.38. The number of amides is 1. The van der Waals surface area contributed by atoms with Gasteiger partial charge < -0.3 is 26.5 Å². The van der Waals surface area contributed by atoms with Crippen LogP contribution in [0.3, 0.4) is 0 Å². The fourth-order valence-electron chi connectivity index (χ4n) is 3.06. The molecular formula is C21H21F3N6O3. The number of nitrogens with one attached hydrogen (secondary N) is 3. The van der Waals surface area contributed by atoms with Gasteiger partial charge in [-0.25, -0.2) is 9.78 Å². The lowest BCUT2D eigenvalue weighted by molar-refractivity contribution is -0.192. The van der Waals surface area contributed by atoms with Crippen LogP contribution in [0.25, 0.3) is 22.5 Å². The number of aromatic amines is 1. The molecule has 0 unspecified atom stereocenters. The third-order valence-corrected chi connectivity index (χ3v) is 4.63. The highest BCUT2D eigenvalue weighted by atomic mass is 19.4. The summed E-state index contributed by atoms with van der Waals surface area (Å²) in [6.45, 7) is 1.92. The molecule has 0 spiro atoms. The van der Waals surface area contributed by atoms with E-state index >= 15 is 0 Å². The van der Waals surface area contributed by atoms with Gasteiger partial charge in [-0.1, -0.05) is 0 Å². The molecule has 9 nitrogen and oxygen atoms in total. The topological polar surface area (TPSA) is 146 Å². The Kier molecular flexibility index (Phi) is 7.28. The van der Waals surface area contributed by atoms with Gasteiger partial charge in [0, 0.05) is 61.0 Å². The van der Waals surface area contributed by atoms with E-state index in [2.05, 4.69) is 25.6 Å². The van der Waals surface area contributed by atoms with Crippen molar-refractivity contribution >= 4 is 17.7 Å². The van der Waals surface area contributed by atoms with Crippen molar-refractivity contribution in [1.29, 1.82) is 0 Å². The Balaban J connectivity index is 0.000000383. The van der Waals surface area contributed by atoms with E-state index in [1.54, 1.807) is 12.4 Å². The van der Waals surface area contributed by atoms with E-state index in [0.29, 0.717) is 19.6 Å². The number of H-pyrrole nitrogens is 1. The summed E-state index contributed by atoms with van der Waals surface area (Å²) in [5.41, 5.74) is 10.9. The second-order valence-corrected chi connectivity index (χ2v) is 6.96. The Morgan fingerprint density at radius 3 is 2.55 bits per heavy atom. The highest BCUT2D eigenvalue weighted by molar-refractivity contribution is 5.97. The van der Waals surface area contributed by atoms with E-state index < -0.39 is 12.1 Å². The molecule has 6 N–H and O–H groups in total. The molecule has 3 aromatic rings. The molecule has 3 aromatic heterocycles. The molecule has 1 amide bonds. The Bertz CT molecular complexity index is 1130. The van der Waals surface area contributed by atoms with E-state index in [0.717, 1.165) is 46.0 Å². The van der Waals surface area contributed by atoms with E-state index in [-0.39, 0.29) is 5.91 Å². The number of carboxylic acid groups (broad SMARTS) is 1. The maximum absolute atomic E-state index is 12.0. The normalized spacial score (nSPS) is 12.8. The Labute approximate surface area is 186 Å². The number of aromatic nitrogens is 3. The smallest absolute Gasteiger partial charge is 0.475 e. The third kappa shape index (κ3) is 6.07. The van der Waals surface area contributed by atoms with Gasteiger partial charge in [0.15, 0.2) is 0 Å². The number of hydrogen-bond donors (Lipinski definition) is 5. The van der Waals surface area contributed by atoms with E-state index in [4.69, 9.17) is 15.6 Å². The van der Waals surface area contributed by atoms with Gasteiger partial charge in [0.05, 0.1) is 11.3 Å². The van der Waals surface area contributed by atoms with Crippen LogP contribution in [0.4, 0.5) is 19.0 Å². The van der Waals surface area contributed by atoms with Gasteiger partial charge in [0.2, 0.25) is 0 Å². The van der Waals surface area contributed by atoms with Gasteiger partial charge in [0.1, 0.15) is 5.82 Å². The fraction of sp³-hybridized carbons (Fsp3) is 0.238. The first kappa shape index (κ1) is 23.7. The summed E-state index contributed by atoms with van der Waals surface area (Å²) < 4.78 is 31.7. The van der Waals surface area contributed by atoms with Gasteiger partial charge in [-0.05, 0) is 30.3 Å². The molecule has 174 valence electrons. The predicted octanol–water partition coefficient (Wildman–Crippen LogP) is 2.43. The number of hydrogen-bond acceptors (Lipinski definition) is 6. The number of nitrogens with two attached hydrogens (primary N) is 1. The van der Waals surface area contributed by atoms with Crippen molar-refractivity contribution in [3.8, 4) is 22.5 Å². The summed E-state index contributed by atoms with van der Waals surface area (Å²) in [5.74, 6) is -1.99. The first-order valence-electron chi connectivity index (χ1n) is 9.86. The average molecular weight is 462 g/mol. The second-order valence-electron chi connectivity index (χ2n) is 6.96. The summed E-state index contributed by atoms with van der Waals surface area (Å²) in [5, 5.41) is 13.1. The lowest BCUT2D eigenvalue weighted by Gasteiger charge is -2.11. The minimum atomic E-state index is -5.08. The lowest BCUT2D eigenvalue weighted by atomic mass is 10.1.